The number of benzene rings is 4. The van der Waals surface area contributed by atoms with Crippen LogP contribution in [0.2, 0.25) is 0 Å². The van der Waals surface area contributed by atoms with E-state index in [1.165, 1.54) is 6.07 Å². The summed E-state index contributed by atoms with van der Waals surface area (Å²) in [6.07, 6.45) is -6.77. The van der Waals surface area contributed by atoms with Gasteiger partial charge in [0.25, 0.3) is 0 Å². The number of aromatic nitrogens is 2. The van der Waals surface area contributed by atoms with Crippen molar-refractivity contribution < 1.29 is 26.3 Å². The molecule has 0 saturated heterocycles. The van der Waals surface area contributed by atoms with Gasteiger partial charge in [-0.05, 0) is 71.6 Å². The van der Waals surface area contributed by atoms with Crippen molar-refractivity contribution in [1.29, 1.82) is 5.26 Å². The standard InChI is InChI=1S/C33H19F6N3/c1-19-15-27(20-11-13-41-14-12-20)21(18-40)16-30(19)42-29-8-3-2-5-24(29)26-7-4-6-25(31(26)42)23-10-9-22(32(34,35)36)17-28(23)33(37,38)39/h2-17H,1H3. The van der Waals surface area contributed by atoms with E-state index in [1.807, 2.05) is 25.1 Å². The normalized spacial score (nSPS) is 12.1. The van der Waals surface area contributed by atoms with E-state index in [-0.39, 0.29) is 17.2 Å². The molecule has 6 rings (SSSR count). The summed E-state index contributed by atoms with van der Waals surface area (Å²) < 4.78 is 84.9. The van der Waals surface area contributed by atoms with E-state index < -0.39 is 23.5 Å². The summed E-state index contributed by atoms with van der Waals surface area (Å²) in [6, 6.07) is 23.1. The van der Waals surface area contributed by atoms with Crippen LogP contribution in [0, 0.1) is 18.3 Å². The fraction of sp³-hybridized carbons (Fsp3) is 0.0909. The second-order valence-corrected chi connectivity index (χ2v) is 9.84. The van der Waals surface area contributed by atoms with Crippen molar-refractivity contribution in [3.63, 3.8) is 0 Å². The maximum Gasteiger partial charge on any atom is 0.417 e. The Labute approximate surface area is 235 Å². The third kappa shape index (κ3) is 4.45. The van der Waals surface area contributed by atoms with Crippen LogP contribution in [0.15, 0.2) is 97.3 Å². The number of pyridine rings is 1. The molecule has 0 aliphatic rings. The number of alkyl halides is 6. The first-order valence-corrected chi connectivity index (χ1v) is 12.8. The molecule has 42 heavy (non-hydrogen) atoms. The zero-order valence-corrected chi connectivity index (χ0v) is 21.8. The van der Waals surface area contributed by atoms with Gasteiger partial charge in [-0.1, -0.05) is 42.5 Å². The van der Waals surface area contributed by atoms with Gasteiger partial charge in [0.2, 0.25) is 0 Å². The fourth-order valence-corrected chi connectivity index (χ4v) is 5.48. The largest absolute Gasteiger partial charge is 0.417 e. The van der Waals surface area contributed by atoms with Crippen molar-refractivity contribution in [2.75, 3.05) is 0 Å². The summed E-state index contributed by atoms with van der Waals surface area (Å²) in [7, 11) is 0. The van der Waals surface area contributed by atoms with Gasteiger partial charge in [-0.2, -0.15) is 31.6 Å². The minimum absolute atomic E-state index is 0.112. The first kappa shape index (κ1) is 27.1. The Bertz CT molecular complexity index is 2030. The summed E-state index contributed by atoms with van der Waals surface area (Å²) in [5.74, 6) is 0. The second kappa shape index (κ2) is 9.77. The molecule has 2 heterocycles. The number of rotatable bonds is 3. The lowest BCUT2D eigenvalue weighted by Gasteiger charge is -2.19. The summed E-state index contributed by atoms with van der Waals surface area (Å²) in [4.78, 5) is 4.03. The number of aryl methyl sites for hydroxylation is 1. The van der Waals surface area contributed by atoms with Gasteiger partial charge in [0, 0.05) is 28.7 Å². The molecule has 0 fully saturated rings. The minimum Gasteiger partial charge on any atom is -0.308 e. The number of fused-ring (bicyclic) bond motifs is 3. The van der Waals surface area contributed by atoms with Gasteiger partial charge in [0.05, 0.1) is 39.5 Å². The van der Waals surface area contributed by atoms with Crippen LogP contribution in [0.25, 0.3) is 49.7 Å². The number of halogens is 6. The minimum atomic E-state index is -5.05. The van der Waals surface area contributed by atoms with E-state index in [2.05, 4.69) is 11.1 Å². The van der Waals surface area contributed by atoms with Crippen LogP contribution >= 0.6 is 0 Å². The van der Waals surface area contributed by atoms with Crippen molar-refractivity contribution in [2.24, 2.45) is 0 Å². The molecule has 0 aliphatic heterocycles. The van der Waals surface area contributed by atoms with Gasteiger partial charge in [0.1, 0.15) is 0 Å². The zero-order valence-electron chi connectivity index (χ0n) is 21.8. The summed E-state index contributed by atoms with van der Waals surface area (Å²) in [5, 5.41) is 11.4. The second-order valence-electron chi connectivity index (χ2n) is 9.84. The smallest absolute Gasteiger partial charge is 0.308 e. The number of nitrogens with zero attached hydrogens (tertiary/aromatic N) is 3. The molecule has 0 N–H and O–H groups in total. The topological polar surface area (TPSA) is 41.6 Å². The Morgan fingerprint density at radius 2 is 1.43 bits per heavy atom. The summed E-state index contributed by atoms with van der Waals surface area (Å²) in [6.45, 7) is 1.84. The van der Waals surface area contributed by atoms with Crippen LogP contribution < -0.4 is 0 Å². The highest BCUT2D eigenvalue weighted by Crippen LogP contribution is 2.45. The van der Waals surface area contributed by atoms with Crippen LogP contribution in [-0.2, 0) is 12.4 Å². The van der Waals surface area contributed by atoms with E-state index in [9.17, 15) is 31.6 Å². The van der Waals surface area contributed by atoms with Gasteiger partial charge >= 0.3 is 12.4 Å². The lowest BCUT2D eigenvalue weighted by molar-refractivity contribution is -0.142. The monoisotopic (exact) mass is 571 g/mol. The number of nitriles is 1. The van der Waals surface area contributed by atoms with Crippen molar-refractivity contribution in [3.05, 3.63) is 120 Å². The van der Waals surface area contributed by atoms with E-state index in [0.717, 1.165) is 22.6 Å². The molecule has 2 aromatic heterocycles. The van der Waals surface area contributed by atoms with Crippen molar-refractivity contribution in [2.45, 2.75) is 19.3 Å². The predicted molar refractivity (Wildman–Crippen MR) is 149 cm³/mol. The highest BCUT2D eigenvalue weighted by molar-refractivity contribution is 6.14. The number of hydrogen-bond donors (Lipinski definition) is 0. The maximum atomic E-state index is 14.3. The highest BCUT2D eigenvalue weighted by atomic mass is 19.4. The average Bonchev–Trinajstić information content (AvgIpc) is 3.31. The first-order valence-electron chi connectivity index (χ1n) is 12.8. The quantitative estimate of drug-likeness (QED) is 0.199. The Hall–Kier alpha value is -5.10. The molecule has 208 valence electrons. The van der Waals surface area contributed by atoms with Gasteiger partial charge in [-0.25, -0.2) is 0 Å². The Morgan fingerprint density at radius 3 is 2.12 bits per heavy atom. The molecular weight excluding hydrogens is 552 g/mol. The predicted octanol–water partition coefficient (Wildman–Crippen LogP) is 9.73. The number of hydrogen-bond acceptors (Lipinski definition) is 2. The zero-order chi connectivity index (χ0) is 29.8. The molecule has 0 saturated carbocycles. The van der Waals surface area contributed by atoms with Gasteiger partial charge in [-0.3, -0.25) is 4.98 Å². The van der Waals surface area contributed by atoms with Crippen LogP contribution in [0.3, 0.4) is 0 Å². The third-order valence-electron chi connectivity index (χ3n) is 7.33. The van der Waals surface area contributed by atoms with Crippen molar-refractivity contribution in [3.8, 4) is 34.0 Å². The molecule has 0 aliphatic carbocycles. The Balaban J connectivity index is 1.72. The molecule has 0 radical (unpaired) electrons. The molecule has 0 amide bonds. The van der Waals surface area contributed by atoms with E-state index in [4.69, 9.17) is 0 Å². The van der Waals surface area contributed by atoms with Gasteiger partial charge < -0.3 is 4.57 Å². The fourth-order valence-electron chi connectivity index (χ4n) is 5.48. The first-order chi connectivity index (χ1) is 20.0. The van der Waals surface area contributed by atoms with Crippen molar-refractivity contribution in [1.82, 2.24) is 9.55 Å². The molecule has 6 aromatic rings. The molecule has 9 heteroatoms. The molecule has 4 aromatic carbocycles. The lowest BCUT2D eigenvalue weighted by Crippen LogP contribution is -2.12. The van der Waals surface area contributed by atoms with Crippen LogP contribution in [-0.4, -0.2) is 9.55 Å². The van der Waals surface area contributed by atoms with Crippen LogP contribution in [0.4, 0.5) is 26.3 Å². The molecule has 0 unspecified atom stereocenters. The molecule has 0 spiro atoms. The molecular formula is C33H19F6N3. The third-order valence-corrected chi connectivity index (χ3v) is 7.33. The van der Waals surface area contributed by atoms with E-state index >= 15 is 0 Å². The SMILES string of the molecule is Cc1cc(-c2ccncc2)c(C#N)cc1-n1c2ccccc2c2cccc(-c3ccc(C(F)(F)F)cc3C(F)(F)F)c21. The summed E-state index contributed by atoms with van der Waals surface area (Å²) >= 11 is 0. The Morgan fingerprint density at radius 1 is 0.714 bits per heavy atom. The van der Waals surface area contributed by atoms with E-state index in [1.54, 1.807) is 59.4 Å². The van der Waals surface area contributed by atoms with Crippen LogP contribution in [0.5, 0.6) is 0 Å². The average molecular weight is 572 g/mol. The molecule has 3 nitrogen and oxygen atoms in total. The number of para-hydroxylation sites is 2. The van der Waals surface area contributed by atoms with E-state index in [0.29, 0.717) is 39.3 Å². The Kier molecular flexibility index (Phi) is 6.30. The van der Waals surface area contributed by atoms with Gasteiger partial charge in [0.15, 0.2) is 0 Å². The molecule has 0 atom stereocenters. The maximum absolute atomic E-state index is 14.3. The van der Waals surface area contributed by atoms with Crippen LogP contribution in [0.1, 0.15) is 22.3 Å². The van der Waals surface area contributed by atoms with Crippen molar-refractivity contribution >= 4 is 21.8 Å². The highest BCUT2D eigenvalue weighted by Gasteiger charge is 2.39. The van der Waals surface area contributed by atoms with Gasteiger partial charge in [-0.15, -0.1) is 0 Å². The lowest BCUT2D eigenvalue weighted by atomic mass is 9.94. The molecule has 0 bridgehead atoms. The summed E-state index contributed by atoms with van der Waals surface area (Å²) in [5.41, 5.74) is 1.11.